The fraction of sp³-hybridized carbons (Fsp3) is 0. The van der Waals surface area contributed by atoms with E-state index in [9.17, 15) is 9.50 Å². The zero-order valence-electron chi connectivity index (χ0n) is 10.3. The predicted molar refractivity (Wildman–Crippen MR) is 79.5 cm³/mol. The molecular weight excluding hydrogens is 363 g/mol. The maximum absolute atomic E-state index is 13.8. The summed E-state index contributed by atoms with van der Waals surface area (Å²) < 4.78 is 19.5. The van der Waals surface area contributed by atoms with Gasteiger partial charge < -0.3 is 9.63 Å². The number of aromatic nitrogens is 2. The fourth-order valence-corrected chi connectivity index (χ4v) is 2.30. The number of benzene rings is 2. The third-order valence-corrected chi connectivity index (χ3v) is 4.02. The van der Waals surface area contributed by atoms with Crippen LogP contribution in [0.15, 0.2) is 45.4 Å². The highest BCUT2D eigenvalue weighted by atomic mass is 79.9. The van der Waals surface area contributed by atoms with Gasteiger partial charge in [0.1, 0.15) is 17.1 Å². The van der Waals surface area contributed by atoms with Gasteiger partial charge in [0.15, 0.2) is 0 Å². The molecule has 1 aromatic heterocycles. The van der Waals surface area contributed by atoms with Crippen LogP contribution in [-0.2, 0) is 0 Å². The van der Waals surface area contributed by atoms with Gasteiger partial charge in [0.2, 0.25) is 5.82 Å². The standard InChI is InChI=1S/C14H7BrClFN2O2/c15-8-6-7(4-5-9(8)16)13-18-14(21-19-13)12-10(17)2-1-3-11(12)20/h1-6,20H. The molecule has 0 radical (unpaired) electrons. The van der Waals surface area contributed by atoms with Crippen LogP contribution in [-0.4, -0.2) is 15.2 Å². The van der Waals surface area contributed by atoms with Gasteiger partial charge in [-0.15, -0.1) is 0 Å². The summed E-state index contributed by atoms with van der Waals surface area (Å²) in [6, 6.07) is 9.05. The zero-order chi connectivity index (χ0) is 15.0. The molecule has 0 aliphatic heterocycles. The number of nitrogens with zero attached hydrogens (tertiary/aromatic N) is 2. The van der Waals surface area contributed by atoms with Crippen LogP contribution in [0.25, 0.3) is 22.8 Å². The molecule has 21 heavy (non-hydrogen) atoms. The fourth-order valence-electron chi connectivity index (χ4n) is 1.80. The van der Waals surface area contributed by atoms with Gasteiger partial charge in [0.05, 0.1) is 5.02 Å². The first-order chi connectivity index (χ1) is 10.1. The van der Waals surface area contributed by atoms with Gasteiger partial charge in [0.25, 0.3) is 5.89 Å². The second-order valence-electron chi connectivity index (χ2n) is 4.19. The molecule has 0 aliphatic rings. The molecule has 0 spiro atoms. The van der Waals surface area contributed by atoms with Crippen LogP contribution < -0.4 is 0 Å². The molecule has 0 aliphatic carbocycles. The van der Waals surface area contributed by atoms with Gasteiger partial charge in [-0.3, -0.25) is 0 Å². The van der Waals surface area contributed by atoms with Crippen LogP contribution in [0, 0.1) is 5.82 Å². The Morgan fingerprint density at radius 2 is 2.05 bits per heavy atom. The minimum atomic E-state index is -0.637. The van der Waals surface area contributed by atoms with Gasteiger partial charge in [0, 0.05) is 10.0 Å². The molecular formula is C14H7BrClFN2O2. The van der Waals surface area contributed by atoms with E-state index in [0.717, 1.165) is 0 Å². The Hall–Kier alpha value is -1.92. The van der Waals surface area contributed by atoms with Gasteiger partial charge >= 0.3 is 0 Å². The Morgan fingerprint density at radius 3 is 2.76 bits per heavy atom. The molecule has 0 saturated carbocycles. The van der Waals surface area contributed by atoms with Crippen molar-refractivity contribution in [2.75, 3.05) is 0 Å². The van der Waals surface area contributed by atoms with Crippen molar-refractivity contribution in [2.45, 2.75) is 0 Å². The molecule has 0 unspecified atom stereocenters. The second kappa shape index (κ2) is 5.46. The molecule has 0 atom stereocenters. The number of hydrogen-bond acceptors (Lipinski definition) is 4. The SMILES string of the molecule is Oc1cccc(F)c1-c1nc(-c2ccc(Cl)c(Br)c2)no1. The highest BCUT2D eigenvalue weighted by molar-refractivity contribution is 9.10. The third kappa shape index (κ3) is 2.64. The Labute approximate surface area is 132 Å². The average Bonchev–Trinajstić information content (AvgIpc) is 2.91. The first kappa shape index (κ1) is 14.0. The summed E-state index contributed by atoms with van der Waals surface area (Å²) in [5.41, 5.74) is 0.529. The molecule has 1 N–H and O–H groups in total. The normalized spacial score (nSPS) is 10.8. The average molecular weight is 370 g/mol. The van der Waals surface area contributed by atoms with Gasteiger partial charge in [-0.25, -0.2) is 4.39 Å². The molecule has 2 aromatic carbocycles. The highest BCUT2D eigenvalue weighted by Gasteiger charge is 2.18. The predicted octanol–water partition coefficient (Wildman–Crippen LogP) is 4.66. The molecule has 4 nitrogen and oxygen atoms in total. The van der Waals surface area contributed by atoms with Crippen molar-refractivity contribution in [3.05, 3.63) is 51.7 Å². The lowest BCUT2D eigenvalue weighted by Crippen LogP contribution is -1.86. The van der Waals surface area contributed by atoms with Crippen molar-refractivity contribution in [2.24, 2.45) is 0 Å². The summed E-state index contributed by atoms with van der Waals surface area (Å²) in [7, 11) is 0. The van der Waals surface area contributed by atoms with Gasteiger partial charge in [-0.2, -0.15) is 4.98 Å². The maximum atomic E-state index is 13.8. The van der Waals surface area contributed by atoms with Crippen molar-refractivity contribution in [3.8, 4) is 28.6 Å². The lowest BCUT2D eigenvalue weighted by Gasteiger charge is -2.00. The van der Waals surface area contributed by atoms with Crippen molar-refractivity contribution < 1.29 is 14.0 Å². The van der Waals surface area contributed by atoms with Crippen molar-refractivity contribution in [3.63, 3.8) is 0 Å². The summed E-state index contributed by atoms with van der Waals surface area (Å²) in [6.45, 7) is 0. The van der Waals surface area contributed by atoms with Crippen LogP contribution in [0.4, 0.5) is 4.39 Å². The topological polar surface area (TPSA) is 59.2 Å². The Morgan fingerprint density at radius 1 is 1.24 bits per heavy atom. The lowest BCUT2D eigenvalue weighted by molar-refractivity contribution is 0.421. The summed E-state index contributed by atoms with van der Waals surface area (Å²) >= 11 is 9.22. The van der Waals surface area contributed by atoms with E-state index in [4.69, 9.17) is 16.1 Å². The van der Waals surface area contributed by atoms with Crippen molar-refractivity contribution in [1.29, 1.82) is 0 Å². The van der Waals surface area contributed by atoms with E-state index in [0.29, 0.717) is 15.1 Å². The molecule has 7 heteroatoms. The molecule has 106 valence electrons. The molecule has 0 saturated heterocycles. The van der Waals surface area contributed by atoms with E-state index in [1.54, 1.807) is 18.2 Å². The molecule has 3 rings (SSSR count). The molecule has 0 fully saturated rings. The van der Waals surface area contributed by atoms with Crippen molar-refractivity contribution in [1.82, 2.24) is 10.1 Å². The van der Waals surface area contributed by atoms with E-state index in [1.165, 1.54) is 18.2 Å². The quantitative estimate of drug-likeness (QED) is 0.713. The van der Waals surface area contributed by atoms with Gasteiger partial charge in [-0.05, 0) is 46.3 Å². The minimum absolute atomic E-state index is 0.0910. The monoisotopic (exact) mass is 368 g/mol. The smallest absolute Gasteiger partial charge is 0.265 e. The number of rotatable bonds is 2. The minimum Gasteiger partial charge on any atom is -0.507 e. The zero-order valence-corrected chi connectivity index (χ0v) is 12.7. The number of hydrogen-bond donors (Lipinski definition) is 1. The summed E-state index contributed by atoms with van der Waals surface area (Å²) in [5, 5.41) is 14.1. The maximum Gasteiger partial charge on any atom is 0.265 e. The molecule has 0 bridgehead atoms. The Bertz CT molecular complexity index is 802. The van der Waals surface area contributed by atoms with E-state index >= 15 is 0 Å². The van der Waals surface area contributed by atoms with Crippen molar-refractivity contribution >= 4 is 27.5 Å². The lowest BCUT2D eigenvalue weighted by atomic mass is 10.2. The summed E-state index contributed by atoms with van der Waals surface area (Å²) in [4.78, 5) is 4.10. The van der Waals surface area contributed by atoms with E-state index in [-0.39, 0.29) is 23.0 Å². The van der Waals surface area contributed by atoms with E-state index < -0.39 is 5.82 Å². The van der Waals surface area contributed by atoms with Crippen LogP contribution in [0.5, 0.6) is 5.75 Å². The number of halogens is 3. The highest BCUT2D eigenvalue weighted by Crippen LogP contribution is 2.33. The summed E-state index contributed by atoms with van der Waals surface area (Å²) in [5.74, 6) is -0.721. The number of aromatic hydroxyl groups is 1. The van der Waals surface area contributed by atoms with Crippen LogP contribution in [0.3, 0.4) is 0 Å². The first-order valence-electron chi connectivity index (χ1n) is 5.83. The van der Waals surface area contributed by atoms with Crippen LogP contribution in [0.1, 0.15) is 0 Å². The molecule has 3 aromatic rings. The third-order valence-electron chi connectivity index (χ3n) is 2.81. The Balaban J connectivity index is 2.06. The second-order valence-corrected chi connectivity index (χ2v) is 5.45. The number of phenolic OH excluding ortho intramolecular Hbond substituents is 1. The Kier molecular flexibility index (Phi) is 3.65. The summed E-state index contributed by atoms with van der Waals surface area (Å²) in [6.07, 6.45) is 0. The largest absolute Gasteiger partial charge is 0.507 e. The van der Waals surface area contributed by atoms with Gasteiger partial charge in [-0.1, -0.05) is 22.8 Å². The van der Waals surface area contributed by atoms with Crippen LogP contribution >= 0.6 is 27.5 Å². The number of phenols is 1. The molecule has 1 heterocycles. The molecule has 0 amide bonds. The van der Waals surface area contributed by atoms with Crippen LogP contribution in [0.2, 0.25) is 5.02 Å². The van der Waals surface area contributed by atoms with E-state index in [1.807, 2.05) is 0 Å². The van der Waals surface area contributed by atoms with E-state index in [2.05, 4.69) is 26.1 Å². The first-order valence-corrected chi connectivity index (χ1v) is 7.00.